The highest BCUT2D eigenvalue weighted by molar-refractivity contribution is 7.98. The molecule has 0 aromatic heterocycles. The summed E-state index contributed by atoms with van der Waals surface area (Å²) < 4.78 is 0. The number of rotatable bonds is 5. The van der Waals surface area contributed by atoms with Crippen LogP contribution in [0.5, 0.6) is 0 Å². The van der Waals surface area contributed by atoms with Crippen molar-refractivity contribution < 1.29 is 4.79 Å². The Hall–Kier alpha value is -0.960. The Morgan fingerprint density at radius 2 is 2.00 bits per heavy atom. The molecule has 0 aliphatic rings. The van der Waals surface area contributed by atoms with E-state index in [9.17, 15) is 4.79 Å². The van der Waals surface area contributed by atoms with Crippen molar-refractivity contribution >= 4 is 17.7 Å². The molecule has 1 rings (SSSR count). The van der Waals surface area contributed by atoms with Gasteiger partial charge in [-0.25, -0.2) is 0 Å². The molecule has 0 bridgehead atoms. The van der Waals surface area contributed by atoms with E-state index in [1.54, 1.807) is 11.8 Å². The third-order valence-electron chi connectivity index (χ3n) is 1.88. The number of hydrogen-bond acceptors (Lipinski definition) is 2. The predicted octanol–water partition coefficient (Wildman–Crippen LogP) is 2.10. The van der Waals surface area contributed by atoms with E-state index >= 15 is 0 Å². The molecule has 0 radical (unpaired) electrons. The van der Waals surface area contributed by atoms with Gasteiger partial charge in [-0.3, -0.25) is 4.79 Å². The first-order valence-electron chi connectivity index (χ1n) is 4.60. The van der Waals surface area contributed by atoms with Crippen LogP contribution in [0.3, 0.4) is 0 Å². The molecule has 2 nitrogen and oxygen atoms in total. The lowest BCUT2D eigenvalue weighted by Crippen LogP contribution is -2.10. The van der Waals surface area contributed by atoms with Gasteiger partial charge in [0.25, 0.3) is 0 Å². The van der Waals surface area contributed by atoms with Gasteiger partial charge in [0.2, 0.25) is 5.91 Å². The van der Waals surface area contributed by atoms with Crippen LogP contribution in [0.2, 0.25) is 0 Å². The van der Waals surface area contributed by atoms with Gasteiger partial charge >= 0.3 is 0 Å². The molecule has 0 spiro atoms. The molecule has 0 saturated heterocycles. The molecule has 1 aromatic rings. The maximum Gasteiger partial charge on any atom is 0.218 e. The van der Waals surface area contributed by atoms with Crippen molar-refractivity contribution in [2.75, 3.05) is 5.75 Å². The van der Waals surface area contributed by atoms with E-state index in [4.69, 9.17) is 5.73 Å². The number of primary amides is 1. The lowest BCUT2D eigenvalue weighted by atomic mass is 10.2. The fraction of sp³-hybridized carbons (Fsp3) is 0.364. The zero-order valence-corrected chi connectivity index (χ0v) is 9.14. The molecule has 14 heavy (non-hydrogen) atoms. The number of carbonyl (C=O) groups is 1. The van der Waals surface area contributed by atoms with Crippen molar-refractivity contribution in [2.45, 2.75) is 19.1 Å². The summed E-state index contributed by atoms with van der Waals surface area (Å²) in [6, 6.07) is 8.44. The van der Waals surface area contributed by atoms with Gasteiger partial charge in [-0.1, -0.05) is 29.8 Å². The predicted molar refractivity (Wildman–Crippen MR) is 61.2 cm³/mol. The van der Waals surface area contributed by atoms with E-state index in [0.717, 1.165) is 11.5 Å². The highest BCUT2D eigenvalue weighted by atomic mass is 32.2. The Balaban J connectivity index is 2.25. The number of aryl methyl sites for hydroxylation is 1. The third-order valence-corrected chi connectivity index (χ3v) is 2.91. The van der Waals surface area contributed by atoms with Crippen molar-refractivity contribution in [3.05, 3.63) is 35.4 Å². The first-order chi connectivity index (χ1) is 6.68. The summed E-state index contributed by atoms with van der Waals surface area (Å²) in [6.45, 7) is 2.07. The molecule has 0 aliphatic heterocycles. The molecule has 0 saturated carbocycles. The van der Waals surface area contributed by atoms with Crippen LogP contribution in [0.15, 0.2) is 24.3 Å². The van der Waals surface area contributed by atoms with E-state index in [2.05, 4.69) is 31.2 Å². The zero-order valence-electron chi connectivity index (χ0n) is 8.32. The van der Waals surface area contributed by atoms with Crippen LogP contribution in [-0.2, 0) is 10.5 Å². The minimum absolute atomic E-state index is 0.221. The molecular weight excluding hydrogens is 194 g/mol. The van der Waals surface area contributed by atoms with Gasteiger partial charge < -0.3 is 5.73 Å². The molecular formula is C11H15NOS. The molecule has 0 aliphatic carbocycles. The van der Waals surface area contributed by atoms with Crippen LogP contribution in [-0.4, -0.2) is 11.7 Å². The second kappa shape index (κ2) is 5.70. The summed E-state index contributed by atoms with van der Waals surface area (Å²) in [6.07, 6.45) is 0.469. The average molecular weight is 209 g/mol. The van der Waals surface area contributed by atoms with Gasteiger partial charge in [-0.05, 0) is 12.5 Å². The van der Waals surface area contributed by atoms with E-state index < -0.39 is 0 Å². The summed E-state index contributed by atoms with van der Waals surface area (Å²) in [5, 5.41) is 0. The molecule has 0 fully saturated rings. The molecule has 0 atom stereocenters. The fourth-order valence-electron chi connectivity index (χ4n) is 1.05. The van der Waals surface area contributed by atoms with Crippen molar-refractivity contribution in [3.8, 4) is 0 Å². The second-order valence-electron chi connectivity index (χ2n) is 3.25. The summed E-state index contributed by atoms with van der Waals surface area (Å²) in [5.74, 6) is 1.54. The fourth-order valence-corrected chi connectivity index (χ4v) is 1.97. The van der Waals surface area contributed by atoms with E-state index in [-0.39, 0.29) is 5.91 Å². The van der Waals surface area contributed by atoms with Crippen molar-refractivity contribution in [2.24, 2.45) is 5.73 Å². The van der Waals surface area contributed by atoms with Crippen LogP contribution in [0.25, 0.3) is 0 Å². The van der Waals surface area contributed by atoms with Crippen LogP contribution in [0, 0.1) is 6.92 Å². The summed E-state index contributed by atoms with van der Waals surface area (Å²) in [7, 11) is 0. The van der Waals surface area contributed by atoms with Crippen molar-refractivity contribution in [1.29, 1.82) is 0 Å². The number of carbonyl (C=O) groups excluding carboxylic acids is 1. The van der Waals surface area contributed by atoms with Crippen molar-refractivity contribution in [3.63, 3.8) is 0 Å². The summed E-state index contributed by atoms with van der Waals surface area (Å²) in [4.78, 5) is 10.5. The normalized spacial score (nSPS) is 10.1. The molecule has 0 unspecified atom stereocenters. The maximum atomic E-state index is 10.5. The Labute approximate surface area is 88.9 Å². The number of hydrogen-bond donors (Lipinski definition) is 1. The lowest BCUT2D eigenvalue weighted by Gasteiger charge is -2.01. The van der Waals surface area contributed by atoms with E-state index in [1.807, 2.05) is 0 Å². The number of nitrogens with two attached hydrogens (primary N) is 1. The van der Waals surface area contributed by atoms with Crippen LogP contribution in [0.4, 0.5) is 0 Å². The molecule has 3 heteroatoms. The minimum Gasteiger partial charge on any atom is -0.370 e. The summed E-state index contributed by atoms with van der Waals surface area (Å²) >= 11 is 1.74. The third kappa shape index (κ3) is 4.33. The smallest absolute Gasteiger partial charge is 0.218 e. The Morgan fingerprint density at radius 3 is 2.57 bits per heavy atom. The minimum atomic E-state index is -0.221. The second-order valence-corrected chi connectivity index (χ2v) is 4.36. The van der Waals surface area contributed by atoms with Crippen molar-refractivity contribution in [1.82, 2.24) is 0 Å². The summed E-state index contributed by atoms with van der Waals surface area (Å²) in [5.41, 5.74) is 7.61. The van der Waals surface area contributed by atoms with Gasteiger partial charge in [0.15, 0.2) is 0 Å². The molecule has 0 heterocycles. The van der Waals surface area contributed by atoms with E-state index in [1.165, 1.54) is 11.1 Å². The van der Waals surface area contributed by atoms with Crippen LogP contribution < -0.4 is 5.73 Å². The van der Waals surface area contributed by atoms with Crippen LogP contribution in [0.1, 0.15) is 17.5 Å². The monoisotopic (exact) mass is 209 g/mol. The molecule has 2 N–H and O–H groups in total. The quantitative estimate of drug-likeness (QED) is 0.755. The number of thioether (sulfide) groups is 1. The topological polar surface area (TPSA) is 43.1 Å². The highest BCUT2D eigenvalue weighted by Gasteiger charge is 1.96. The van der Waals surface area contributed by atoms with E-state index in [0.29, 0.717) is 6.42 Å². The highest BCUT2D eigenvalue weighted by Crippen LogP contribution is 2.13. The SMILES string of the molecule is Cc1ccc(CSCCC(N)=O)cc1. The Bertz CT molecular complexity index is 295. The van der Waals surface area contributed by atoms with Crippen LogP contribution >= 0.6 is 11.8 Å². The standard InChI is InChI=1S/C11H15NOS/c1-9-2-4-10(5-3-9)8-14-7-6-11(12)13/h2-5H,6-8H2,1H3,(H2,12,13). The maximum absolute atomic E-state index is 10.5. The zero-order chi connectivity index (χ0) is 10.4. The Kier molecular flexibility index (Phi) is 4.53. The molecule has 76 valence electrons. The van der Waals surface area contributed by atoms with Gasteiger partial charge in [-0.15, -0.1) is 0 Å². The van der Waals surface area contributed by atoms with Gasteiger partial charge in [-0.2, -0.15) is 11.8 Å². The first-order valence-corrected chi connectivity index (χ1v) is 5.75. The Morgan fingerprint density at radius 1 is 1.36 bits per heavy atom. The van der Waals surface area contributed by atoms with Gasteiger partial charge in [0.1, 0.15) is 0 Å². The van der Waals surface area contributed by atoms with Gasteiger partial charge in [0.05, 0.1) is 0 Å². The lowest BCUT2D eigenvalue weighted by molar-refractivity contribution is -0.117. The number of benzene rings is 1. The largest absolute Gasteiger partial charge is 0.370 e. The molecule has 1 amide bonds. The van der Waals surface area contributed by atoms with Gasteiger partial charge in [0, 0.05) is 17.9 Å². The molecule has 1 aromatic carbocycles. The number of amides is 1. The first kappa shape index (κ1) is 11.1. The average Bonchev–Trinajstić information content (AvgIpc) is 2.15.